The summed E-state index contributed by atoms with van der Waals surface area (Å²) < 4.78 is 32.2. The molecule has 112 valence electrons. The standard InChI is InChI=1S/C13H17ClO5S/c1-11(15)19-13(7-8-20(14,16)17)10-18-9-12-5-3-2-4-6-12/h2-6,13H,7-10H2,1H3/t13-/m0/s1. The number of benzene rings is 1. The van der Waals surface area contributed by atoms with Gasteiger partial charge in [0, 0.05) is 24.0 Å². The summed E-state index contributed by atoms with van der Waals surface area (Å²) in [4.78, 5) is 11.0. The van der Waals surface area contributed by atoms with Crippen LogP contribution in [0.2, 0.25) is 0 Å². The van der Waals surface area contributed by atoms with Crippen LogP contribution in [-0.4, -0.2) is 32.9 Å². The fourth-order valence-corrected chi connectivity index (χ4v) is 2.38. The summed E-state index contributed by atoms with van der Waals surface area (Å²) in [5, 5.41) is 0. The van der Waals surface area contributed by atoms with Gasteiger partial charge in [0.1, 0.15) is 6.10 Å². The van der Waals surface area contributed by atoms with Crippen molar-refractivity contribution < 1.29 is 22.7 Å². The highest BCUT2D eigenvalue weighted by Crippen LogP contribution is 2.08. The van der Waals surface area contributed by atoms with Gasteiger partial charge in [0.25, 0.3) is 0 Å². The predicted molar refractivity (Wildman–Crippen MR) is 75.9 cm³/mol. The lowest BCUT2D eigenvalue weighted by molar-refractivity contribution is -0.149. The molecule has 0 fully saturated rings. The summed E-state index contributed by atoms with van der Waals surface area (Å²) in [5.74, 6) is -0.744. The quantitative estimate of drug-likeness (QED) is 0.542. The van der Waals surface area contributed by atoms with Crippen LogP contribution in [0.5, 0.6) is 0 Å². The Hall–Kier alpha value is -1.11. The monoisotopic (exact) mass is 320 g/mol. The van der Waals surface area contributed by atoms with Crippen LogP contribution in [0, 0.1) is 0 Å². The highest BCUT2D eigenvalue weighted by atomic mass is 35.7. The molecule has 1 rings (SSSR count). The van der Waals surface area contributed by atoms with Crippen LogP contribution in [0.1, 0.15) is 18.9 Å². The average Bonchev–Trinajstić information content (AvgIpc) is 2.35. The highest BCUT2D eigenvalue weighted by molar-refractivity contribution is 8.13. The molecule has 0 aliphatic rings. The molecule has 0 saturated carbocycles. The van der Waals surface area contributed by atoms with Crippen molar-refractivity contribution in [2.75, 3.05) is 12.4 Å². The van der Waals surface area contributed by atoms with E-state index in [9.17, 15) is 13.2 Å². The number of halogens is 1. The van der Waals surface area contributed by atoms with Gasteiger partial charge in [0.2, 0.25) is 9.05 Å². The summed E-state index contributed by atoms with van der Waals surface area (Å²) >= 11 is 0. The van der Waals surface area contributed by atoms with Gasteiger partial charge in [-0.2, -0.15) is 0 Å². The van der Waals surface area contributed by atoms with Gasteiger partial charge < -0.3 is 9.47 Å². The summed E-state index contributed by atoms with van der Waals surface area (Å²) in [6.07, 6.45) is -0.509. The Bertz CT molecular complexity index is 515. The van der Waals surface area contributed by atoms with Crippen LogP contribution >= 0.6 is 10.7 Å². The van der Waals surface area contributed by atoms with Crippen LogP contribution in [0.15, 0.2) is 30.3 Å². The van der Waals surface area contributed by atoms with Crippen molar-refractivity contribution >= 4 is 25.7 Å². The molecule has 0 amide bonds. The molecule has 0 unspecified atom stereocenters. The van der Waals surface area contributed by atoms with E-state index >= 15 is 0 Å². The number of rotatable bonds is 8. The third kappa shape index (κ3) is 8.14. The van der Waals surface area contributed by atoms with E-state index in [0.717, 1.165) is 5.56 Å². The van der Waals surface area contributed by atoms with Crippen LogP contribution in [0.3, 0.4) is 0 Å². The molecule has 0 bridgehead atoms. The maximum Gasteiger partial charge on any atom is 0.302 e. The molecule has 0 N–H and O–H groups in total. The number of carbonyl (C=O) groups is 1. The predicted octanol–water partition coefficient (Wildman–Crippen LogP) is 2.09. The van der Waals surface area contributed by atoms with E-state index in [1.165, 1.54) is 6.92 Å². The summed E-state index contributed by atoms with van der Waals surface area (Å²) in [6, 6.07) is 9.50. The first-order valence-corrected chi connectivity index (χ1v) is 8.56. The van der Waals surface area contributed by atoms with Crippen molar-refractivity contribution in [2.45, 2.75) is 26.1 Å². The van der Waals surface area contributed by atoms with E-state index in [1.807, 2.05) is 30.3 Å². The van der Waals surface area contributed by atoms with Crippen molar-refractivity contribution in [1.29, 1.82) is 0 Å². The smallest absolute Gasteiger partial charge is 0.302 e. The van der Waals surface area contributed by atoms with Gasteiger partial charge in [-0.05, 0) is 5.56 Å². The largest absolute Gasteiger partial charge is 0.460 e. The minimum absolute atomic E-state index is 0.111. The Morgan fingerprint density at radius 1 is 1.30 bits per heavy atom. The topological polar surface area (TPSA) is 69.7 Å². The minimum Gasteiger partial charge on any atom is -0.460 e. The number of ether oxygens (including phenoxy) is 2. The van der Waals surface area contributed by atoms with Crippen molar-refractivity contribution in [2.24, 2.45) is 0 Å². The second kappa shape index (κ2) is 8.24. The van der Waals surface area contributed by atoms with Crippen molar-refractivity contribution in [3.8, 4) is 0 Å². The molecule has 0 aromatic heterocycles. The maximum absolute atomic E-state index is 11.0. The zero-order chi connectivity index (χ0) is 15.0. The molecule has 1 atom stereocenters. The summed E-state index contributed by atoms with van der Waals surface area (Å²) in [6.45, 7) is 1.76. The van der Waals surface area contributed by atoms with Crippen LogP contribution in [-0.2, 0) is 29.9 Å². The molecular formula is C13H17ClO5S. The van der Waals surface area contributed by atoms with Crippen LogP contribution < -0.4 is 0 Å². The Morgan fingerprint density at radius 2 is 1.95 bits per heavy atom. The molecule has 0 saturated heterocycles. The fourth-order valence-electron chi connectivity index (χ4n) is 1.57. The Morgan fingerprint density at radius 3 is 2.50 bits per heavy atom. The molecule has 1 aromatic rings. The number of esters is 1. The Labute approximate surface area is 123 Å². The van der Waals surface area contributed by atoms with Crippen molar-refractivity contribution in [3.05, 3.63) is 35.9 Å². The van der Waals surface area contributed by atoms with Crippen molar-refractivity contribution in [3.63, 3.8) is 0 Å². The second-order valence-corrected chi connectivity index (χ2v) is 7.16. The van der Waals surface area contributed by atoms with E-state index in [4.69, 9.17) is 20.2 Å². The van der Waals surface area contributed by atoms with Crippen LogP contribution in [0.4, 0.5) is 0 Å². The lowest BCUT2D eigenvalue weighted by atomic mass is 10.2. The van der Waals surface area contributed by atoms with Crippen LogP contribution in [0.25, 0.3) is 0 Å². The lowest BCUT2D eigenvalue weighted by Gasteiger charge is -2.16. The molecular weight excluding hydrogens is 304 g/mol. The summed E-state index contributed by atoms with van der Waals surface area (Å²) in [5.41, 5.74) is 0.985. The van der Waals surface area contributed by atoms with E-state index < -0.39 is 21.1 Å². The van der Waals surface area contributed by atoms with E-state index in [0.29, 0.717) is 6.61 Å². The highest BCUT2D eigenvalue weighted by Gasteiger charge is 2.16. The molecule has 7 heteroatoms. The van der Waals surface area contributed by atoms with Gasteiger partial charge in [-0.1, -0.05) is 30.3 Å². The lowest BCUT2D eigenvalue weighted by Crippen LogP contribution is -2.24. The van der Waals surface area contributed by atoms with Gasteiger partial charge in [0.15, 0.2) is 0 Å². The molecule has 0 aliphatic heterocycles. The number of carbonyl (C=O) groups excluding carboxylic acids is 1. The van der Waals surface area contributed by atoms with Gasteiger partial charge in [0.05, 0.1) is 19.0 Å². The van der Waals surface area contributed by atoms with E-state index in [-0.39, 0.29) is 18.8 Å². The van der Waals surface area contributed by atoms with Gasteiger partial charge >= 0.3 is 5.97 Å². The molecule has 5 nitrogen and oxygen atoms in total. The van der Waals surface area contributed by atoms with Crippen molar-refractivity contribution in [1.82, 2.24) is 0 Å². The Balaban J connectivity index is 2.42. The van der Waals surface area contributed by atoms with E-state index in [1.54, 1.807) is 0 Å². The average molecular weight is 321 g/mol. The first kappa shape index (κ1) is 16.9. The minimum atomic E-state index is -3.61. The zero-order valence-electron chi connectivity index (χ0n) is 11.1. The third-order valence-corrected chi connectivity index (χ3v) is 3.62. The van der Waals surface area contributed by atoms with Gasteiger partial charge in [-0.3, -0.25) is 4.79 Å². The second-order valence-electron chi connectivity index (χ2n) is 4.26. The molecule has 0 heterocycles. The maximum atomic E-state index is 11.0. The zero-order valence-corrected chi connectivity index (χ0v) is 12.7. The Kier molecular flexibility index (Phi) is 6.98. The molecule has 0 radical (unpaired) electrons. The first-order chi connectivity index (χ1) is 9.37. The van der Waals surface area contributed by atoms with E-state index in [2.05, 4.69) is 0 Å². The molecule has 0 aliphatic carbocycles. The summed E-state index contributed by atoms with van der Waals surface area (Å²) in [7, 11) is 1.53. The molecule has 1 aromatic carbocycles. The number of hydrogen-bond donors (Lipinski definition) is 0. The SMILES string of the molecule is CC(=O)O[C@@H](CCS(=O)(=O)Cl)COCc1ccccc1. The van der Waals surface area contributed by atoms with Gasteiger partial charge in [-0.25, -0.2) is 8.42 Å². The molecule has 20 heavy (non-hydrogen) atoms. The fraction of sp³-hybridized carbons (Fsp3) is 0.462. The first-order valence-electron chi connectivity index (χ1n) is 6.08. The normalized spacial score (nSPS) is 12.9. The van der Waals surface area contributed by atoms with Gasteiger partial charge in [-0.15, -0.1) is 0 Å². The number of hydrogen-bond acceptors (Lipinski definition) is 5. The molecule has 0 spiro atoms. The third-order valence-electron chi connectivity index (χ3n) is 2.43.